The first-order valence-electron chi connectivity index (χ1n) is 8.20. The SMILES string of the molecule is O=C1CC2(CCCC3CCCCC32)Oc2ccc(Br)cc21. The van der Waals surface area contributed by atoms with Crippen molar-refractivity contribution in [3.05, 3.63) is 28.2 Å². The number of carbonyl (C=O) groups is 1. The molecule has 3 aliphatic rings. The van der Waals surface area contributed by atoms with E-state index in [1.54, 1.807) is 0 Å². The Kier molecular flexibility index (Phi) is 3.36. The molecule has 1 aromatic carbocycles. The number of hydrogen-bond acceptors (Lipinski definition) is 2. The Bertz CT molecular complexity index is 581. The van der Waals surface area contributed by atoms with E-state index in [1.165, 1.54) is 38.5 Å². The van der Waals surface area contributed by atoms with Crippen molar-refractivity contribution in [1.82, 2.24) is 0 Å². The molecule has 1 heterocycles. The van der Waals surface area contributed by atoms with Crippen LogP contribution >= 0.6 is 15.9 Å². The van der Waals surface area contributed by atoms with Gasteiger partial charge >= 0.3 is 0 Å². The van der Waals surface area contributed by atoms with Crippen molar-refractivity contribution in [1.29, 1.82) is 0 Å². The summed E-state index contributed by atoms with van der Waals surface area (Å²) in [5, 5.41) is 0. The van der Waals surface area contributed by atoms with Gasteiger partial charge in [-0.05, 0) is 49.8 Å². The monoisotopic (exact) mass is 348 g/mol. The van der Waals surface area contributed by atoms with Gasteiger partial charge < -0.3 is 4.74 Å². The predicted octanol–water partition coefficient (Wildman–Crippen LogP) is 5.14. The highest BCUT2D eigenvalue weighted by atomic mass is 79.9. The molecule has 0 aromatic heterocycles. The van der Waals surface area contributed by atoms with E-state index in [1.807, 2.05) is 18.2 Å². The van der Waals surface area contributed by atoms with Crippen molar-refractivity contribution in [2.75, 3.05) is 0 Å². The van der Waals surface area contributed by atoms with Gasteiger partial charge in [0.1, 0.15) is 11.4 Å². The molecule has 112 valence electrons. The van der Waals surface area contributed by atoms with Gasteiger partial charge in [-0.15, -0.1) is 0 Å². The lowest BCUT2D eigenvalue weighted by molar-refractivity contribution is -0.0721. The Labute approximate surface area is 134 Å². The molecule has 2 saturated carbocycles. The normalized spacial score (nSPS) is 35.0. The van der Waals surface area contributed by atoms with Gasteiger partial charge in [-0.3, -0.25) is 4.79 Å². The maximum atomic E-state index is 12.7. The summed E-state index contributed by atoms with van der Waals surface area (Å²) in [7, 11) is 0. The van der Waals surface area contributed by atoms with Gasteiger partial charge in [-0.1, -0.05) is 35.2 Å². The van der Waals surface area contributed by atoms with E-state index in [2.05, 4.69) is 15.9 Å². The topological polar surface area (TPSA) is 26.3 Å². The molecule has 2 aliphatic carbocycles. The number of hydrogen-bond donors (Lipinski definition) is 0. The fraction of sp³-hybridized carbons (Fsp3) is 0.611. The van der Waals surface area contributed by atoms with Crippen LogP contribution in [0.1, 0.15) is 61.7 Å². The molecule has 2 fully saturated rings. The van der Waals surface area contributed by atoms with Gasteiger partial charge in [0.2, 0.25) is 0 Å². The number of Topliss-reactive ketones (excluding diaryl/α,β-unsaturated/α-hetero) is 1. The summed E-state index contributed by atoms with van der Waals surface area (Å²) in [5.74, 6) is 2.43. The van der Waals surface area contributed by atoms with Crippen molar-refractivity contribution in [2.45, 2.75) is 57.0 Å². The minimum absolute atomic E-state index is 0.207. The molecular weight excluding hydrogens is 328 g/mol. The highest BCUT2D eigenvalue weighted by molar-refractivity contribution is 9.10. The molecule has 0 amide bonds. The third-order valence-corrected chi connectivity index (χ3v) is 6.27. The highest BCUT2D eigenvalue weighted by Gasteiger charge is 2.51. The average Bonchev–Trinajstić information content (AvgIpc) is 2.49. The third-order valence-electron chi connectivity index (χ3n) is 5.77. The molecule has 0 saturated heterocycles. The molecule has 2 nitrogen and oxygen atoms in total. The summed E-state index contributed by atoms with van der Waals surface area (Å²) in [5.41, 5.74) is 0.550. The first-order chi connectivity index (χ1) is 10.2. The van der Waals surface area contributed by atoms with E-state index in [-0.39, 0.29) is 11.4 Å². The minimum atomic E-state index is -0.207. The number of benzene rings is 1. The van der Waals surface area contributed by atoms with Crippen molar-refractivity contribution in [3.63, 3.8) is 0 Å². The lowest BCUT2D eigenvalue weighted by Gasteiger charge is -2.51. The van der Waals surface area contributed by atoms with E-state index in [0.29, 0.717) is 12.3 Å². The number of halogens is 1. The van der Waals surface area contributed by atoms with Crippen LogP contribution in [0.2, 0.25) is 0 Å². The third kappa shape index (κ3) is 2.25. The molecule has 4 rings (SSSR count). The van der Waals surface area contributed by atoms with Crippen molar-refractivity contribution >= 4 is 21.7 Å². The Morgan fingerprint density at radius 1 is 1.14 bits per heavy atom. The summed E-state index contributed by atoms with van der Waals surface area (Å²) in [6.45, 7) is 0. The molecule has 21 heavy (non-hydrogen) atoms. The van der Waals surface area contributed by atoms with Crippen LogP contribution in [-0.4, -0.2) is 11.4 Å². The molecular formula is C18H21BrO2. The van der Waals surface area contributed by atoms with Crippen LogP contribution in [0.5, 0.6) is 5.75 Å². The smallest absolute Gasteiger partial charge is 0.170 e. The zero-order valence-electron chi connectivity index (χ0n) is 12.2. The van der Waals surface area contributed by atoms with Gasteiger partial charge in [-0.25, -0.2) is 0 Å². The zero-order chi connectivity index (χ0) is 14.4. The second-order valence-corrected chi connectivity index (χ2v) is 7.87. The number of ether oxygens (including phenoxy) is 1. The molecule has 3 atom stereocenters. The average molecular weight is 349 g/mol. The fourth-order valence-electron chi connectivity index (χ4n) is 4.87. The first-order valence-corrected chi connectivity index (χ1v) is 8.99. The standard InChI is InChI=1S/C18H21BrO2/c19-13-7-8-17-14(10-13)16(20)11-18(21-17)9-3-5-12-4-1-2-6-15(12)18/h7-8,10,12,15H,1-6,9,11H2. The second kappa shape index (κ2) is 5.12. The number of ketones is 1. The van der Waals surface area contributed by atoms with Crippen LogP contribution in [-0.2, 0) is 0 Å². The van der Waals surface area contributed by atoms with Crippen molar-refractivity contribution < 1.29 is 9.53 Å². The Morgan fingerprint density at radius 2 is 1.95 bits per heavy atom. The fourth-order valence-corrected chi connectivity index (χ4v) is 5.23. The van der Waals surface area contributed by atoms with E-state index < -0.39 is 0 Å². The van der Waals surface area contributed by atoms with E-state index in [4.69, 9.17) is 4.74 Å². The second-order valence-electron chi connectivity index (χ2n) is 6.95. The maximum Gasteiger partial charge on any atom is 0.170 e. The minimum Gasteiger partial charge on any atom is -0.486 e. The van der Waals surface area contributed by atoms with Gasteiger partial charge in [-0.2, -0.15) is 0 Å². The quantitative estimate of drug-likeness (QED) is 0.648. The summed E-state index contributed by atoms with van der Waals surface area (Å²) in [4.78, 5) is 12.7. The van der Waals surface area contributed by atoms with E-state index in [9.17, 15) is 4.79 Å². The molecule has 1 aromatic rings. The zero-order valence-corrected chi connectivity index (χ0v) is 13.8. The Hall–Kier alpha value is -0.830. The molecule has 1 aliphatic heterocycles. The number of carbonyl (C=O) groups excluding carboxylic acids is 1. The highest BCUT2D eigenvalue weighted by Crippen LogP contribution is 2.52. The summed E-state index contributed by atoms with van der Waals surface area (Å²) < 4.78 is 7.47. The van der Waals surface area contributed by atoms with Crippen LogP contribution in [0.4, 0.5) is 0 Å². The van der Waals surface area contributed by atoms with Crippen molar-refractivity contribution in [3.8, 4) is 5.75 Å². The lowest BCUT2D eigenvalue weighted by atomic mass is 9.61. The molecule has 1 spiro atoms. The summed E-state index contributed by atoms with van der Waals surface area (Å²) in [6.07, 6.45) is 9.40. The largest absolute Gasteiger partial charge is 0.486 e. The van der Waals surface area contributed by atoms with E-state index >= 15 is 0 Å². The van der Waals surface area contributed by atoms with Crippen LogP contribution < -0.4 is 4.74 Å². The van der Waals surface area contributed by atoms with Crippen LogP contribution in [0.15, 0.2) is 22.7 Å². The molecule has 0 N–H and O–H groups in total. The Morgan fingerprint density at radius 3 is 2.86 bits per heavy atom. The number of rotatable bonds is 0. The van der Waals surface area contributed by atoms with Crippen LogP contribution in [0.3, 0.4) is 0 Å². The van der Waals surface area contributed by atoms with Crippen LogP contribution in [0.25, 0.3) is 0 Å². The molecule has 0 radical (unpaired) electrons. The number of fused-ring (bicyclic) bond motifs is 3. The molecule has 0 bridgehead atoms. The van der Waals surface area contributed by atoms with E-state index in [0.717, 1.165) is 28.1 Å². The summed E-state index contributed by atoms with van der Waals surface area (Å²) in [6, 6.07) is 5.85. The lowest BCUT2D eigenvalue weighted by Crippen LogP contribution is -2.53. The first kappa shape index (κ1) is 13.8. The summed E-state index contributed by atoms with van der Waals surface area (Å²) >= 11 is 3.45. The predicted molar refractivity (Wildman–Crippen MR) is 85.7 cm³/mol. The molecule has 3 heteroatoms. The maximum absolute atomic E-state index is 12.7. The Balaban J connectivity index is 1.72. The van der Waals surface area contributed by atoms with Gasteiger partial charge in [0, 0.05) is 10.4 Å². The van der Waals surface area contributed by atoms with Crippen molar-refractivity contribution in [2.24, 2.45) is 11.8 Å². The van der Waals surface area contributed by atoms with Gasteiger partial charge in [0.15, 0.2) is 5.78 Å². The molecule has 3 unspecified atom stereocenters. The van der Waals surface area contributed by atoms with Gasteiger partial charge in [0.05, 0.1) is 12.0 Å². The van der Waals surface area contributed by atoms with Gasteiger partial charge in [0.25, 0.3) is 0 Å². The van der Waals surface area contributed by atoms with Crippen LogP contribution in [0, 0.1) is 11.8 Å².